The third kappa shape index (κ3) is 2.75. The van der Waals surface area contributed by atoms with E-state index in [1.165, 1.54) is 24.0 Å². The molecule has 3 aliphatic rings. The molecule has 1 aliphatic carbocycles. The largest absolute Gasteiger partial charge is 0.483 e. The summed E-state index contributed by atoms with van der Waals surface area (Å²) in [5.41, 5.74) is 2.42. The first-order valence-corrected chi connectivity index (χ1v) is 8.97. The maximum atomic E-state index is 6.37. The average Bonchev–Trinajstić information content (AvgIpc) is 3.13. The normalized spacial score (nSPS) is 22.5. The van der Waals surface area contributed by atoms with Crippen molar-refractivity contribution in [2.45, 2.75) is 44.8 Å². The second-order valence-electron chi connectivity index (χ2n) is 6.92. The van der Waals surface area contributed by atoms with E-state index in [0.29, 0.717) is 6.02 Å². The lowest BCUT2D eigenvalue weighted by Crippen LogP contribution is -2.44. The monoisotopic (exact) mass is 376 g/mol. The molecule has 1 atom stereocenters. The Kier molecular flexibility index (Phi) is 3.63. The molecule has 0 bridgehead atoms. The molecule has 4 rings (SSSR count). The number of rotatable bonds is 3. The van der Waals surface area contributed by atoms with Gasteiger partial charge in [-0.3, -0.25) is 0 Å². The van der Waals surface area contributed by atoms with E-state index < -0.39 is 5.60 Å². The van der Waals surface area contributed by atoms with E-state index in [0.717, 1.165) is 29.7 Å². The summed E-state index contributed by atoms with van der Waals surface area (Å²) in [6.45, 7) is 5.83. The first-order chi connectivity index (χ1) is 11.0. The van der Waals surface area contributed by atoms with E-state index in [2.05, 4.69) is 51.8 Å². The number of amidine groups is 1. The summed E-state index contributed by atoms with van der Waals surface area (Å²) in [7, 11) is 0. The molecule has 2 aliphatic heterocycles. The van der Waals surface area contributed by atoms with Gasteiger partial charge in [-0.05, 0) is 78.4 Å². The third-order valence-electron chi connectivity index (χ3n) is 4.82. The molecule has 1 saturated heterocycles. The molecule has 1 fully saturated rings. The van der Waals surface area contributed by atoms with Crippen molar-refractivity contribution in [2.24, 2.45) is 4.99 Å². The van der Waals surface area contributed by atoms with Crippen molar-refractivity contribution < 1.29 is 9.47 Å². The number of benzene rings is 1. The Morgan fingerprint density at radius 2 is 2.09 bits per heavy atom. The van der Waals surface area contributed by atoms with Gasteiger partial charge in [-0.1, -0.05) is 0 Å². The van der Waals surface area contributed by atoms with Crippen LogP contribution in [0.15, 0.2) is 33.9 Å². The number of fused-ring (bicyclic) bond motifs is 2. The number of aryl methyl sites for hydroxylation is 2. The number of ether oxygens (including phenoxy) is 2. The number of halogens is 1. The van der Waals surface area contributed by atoms with E-state index in [1.54, 1.807) is 6.20 Å². The van der Waals surface area contributed by atoms with Crippen LogP contribution in [0.5, 0.6) is 5.75 Å². The summed E-state index contributed by atoms with van der Waals surface area (Å²) in [4.78, 5) is 6.45. The molecule has 0 saturated carbocycles. The fourth-order valence-electron chi connectivity index (χ4n) is 3.43. The Morgan fingerprint density at radius 1 is 1.30 bits per heavy atom. The number of hydrogen-bond acceptors (Lipinski definition) is 4. The molecule has 2 heterocycles. The van der Waals surface area contributed by atoms with E-state index in [9.17, 15) is 0 Å². The first kappa shape index (κ1) is 15.1. The lowest BCUT2D eigenvalue weighted by atomic mass is 10.0. The van der Waals surface area contributed by atoms with Crippen molar-refractivity contribution in [1.29, 1.82) is 0 Å². The van der Waals surface area contributed by atoms with E-state index in [1.807, 2.05) is 6.08 Å². The molecule has 1 aromatic rings. The fraction of sp³-hybridized carbons (Fsp3) is 0.500. The van der Waals surface area contributed by atoms with Gasteiger partial charge >= 0.3 is 0 Å². The van der Waals surface area contributed by atoms with Crippen LogP contribution in [0.2, 0.25) is 0 Å². The molecular weight excluding hydrogens is 356 g/mol. The van der Waals surface area contributed by atoms with Crippen LogP contribution in [0, 0.1) is 0 Å². The Labute approximate surface area is 145 Å². The van der Waals surface area contributed by atoms with Crippen LogP contribution in [-0.4, -0.2) is 35.7 Å². The summed E-state index contributed by atoms with van der Waals surface area (Å²) in [5.74, 6) is 0.907. The first-order valence-electron chi connectivity index (χ1n) is 8.18. The zero-order chi connectivity index (χ0) is 16.0. The lowest BCUT2D eigenvalue weighted by Gasteiger charge is -2.31. The molecule has 0 amide bonds. The zero-order valence-corrected chi connectivity index (χ0v) is 15.1. The molecule has 0 N–H and O–H groups in total. The summed E-state index contributed by atoms with van der Waals surface area (Å²) in [5, 5.41) is 0. The van der Waals surface area contributed by atoms with E-state index in [-0.39, 0.29) is 6.10 Å². The fourth-order valence-corrected chi connectivity index (χ4v) is 3.91. The highest BCUT2D eigenvalue weighted by molar-refractivity contribution is 9.10. The maximum absolute atomic E-state index is 6.37. The lowest BCUT2D eigenvalue weighted by molar-refractivity contribution is -0.00406. The van der Waals surface area contributed by atoms with Crippen LogP contribution in [0.25, 0.3) is 0 Å². The summed E-state index contributed by atoms with van der Waals surface area (Å²) in [6, 6.07) is 5.11. The highest BCUT2D eigenvalue weighted by Gasteiger charge is 2.42. The molecule has 0 radical (unpaired) electrons. The van der Waals surface area contributed by atoms with Crippen LogP contribution in [0.4, 0.5) is 0 Å². The van der Waals surface area contributed by atoms with E-state index >= 15 is 0 Å². The van der Waals surface area contributed by atoms with Crippen molar-refractivity contribution in [3.63, 3.8) is 0 Å². The average molecular weight is 377 g/mol. The molecule has 5 heteroatoms. The van der Waals surface area contributed by atoms with Gasteiger partial charge in [-0.25, -0.2) is 4.99 Å². The van der Waals surface area contributed by atoms with Gasteiger partial charge < -0.3 is 14.4 Å². The maximum Gasteiger partial charge on any atom is 0.292 e. The number of aliphatic imine (C=N–C) groups is 1. The van der Waals surface area contributed by atoms with Gasteiger partial charge in [0.2, 0.25) is 0 Å². The van der Waals surface area contributed by atoms with Gasteiger partial charge in [0.25, 0.3) is 6.02 Å². The van der Waals surface area contributed by atoms with Gasteiger partial charge in [0.05, 0.1) is 11.0 Å². The van der Waals surface area contributed by atoms with Crippen molar-refractivity contribution in [1.82, 2.24) is 4.90 Å². The zero-order valence-electron chi connectivity index (χ0n) is 13.5. The molecule has 0 aromatic heterocycles. The van der Waals surface area contributed by atoms with Gasteiger partial charge in [0.15, 0.2) is 6.10 Å². The Bertz CT molecular complexity index is 697. The second-order valence-corrected chi connectivity index (χ2v) is 7.77. The summed E-state index contributed by atoms with van der Waals surface area (Å²) >= 11 is 3.66. The van der Waals surface area contributed by atoms with Crippen LogP contribution in [0.1, 0.15) is 31.4 Å². The predicted molar refractivity (Wildman–Crippen MR) is 93.9 cm³/mol. The minimum absolute atomic E-state index is 0.0405. The second kappa shape index (κ2) is 5.55. The van der Waals surface area contributed by atoms with Crippen LogP contribution >= 0.6 is 15.9 Å². The number of hydrogen-bond donors (Lipinski definition) is 0. The van der Waals surface area contributed by atoms with E-state index in [4.69, 9.17) is 9.47 Å². The molecule has 23 heavy (non-hydrogen) atoms. The Morgan fingerprint density at radius 3 is 2.87 bits per heavy atom. The molecule has 4 nitrogen and oxygen atoms in total. The molecule has 0 spiro atoms. The number of nitrogens with zero attached hydrogens (tertiary/aromatic N) is 2. The molecular formula is C18H21BrN2O2. The van der Waals surface area contributed by atoms with Gasteiger partial charge in [0, 0.05) is 12.7 Å². The summed E-state index contributed by atoms with van der Waals surface area (Å²) < 4.78 is 13.4. The van der Waals surface area contributed by atoms with Crippen LogP contribution in [-0.2, 0) is 17.6 Å². The molecule has 122 valence electrons. The Balaban J connectivity index is 1.54. The topological polar surface area (TPSA) is 34.1 Å². The quantitative estimate of drug-likeness (QED) is 0.806. The Hall–Kier alpha value is -1.49. The highest BCUT2D eigenvalue weighted by atomic mass is 79.9. The van der Waals surface area contributed by atoms with Crippen LogP contribution < -0.4 is 4.74 Å². The van der Waals surface area contributed by atoms with Gasteiger partial charge in [-0.15, -0.1) is 0 Å². The van der Waals surface area contributed by atoms with Crippen molar-refractivity contribution in [3.05, 3.63) is 40.0 Å². The van der Waals surface area contributed by atoms with Crippen molar-refractivity contribution in [3.8, 4) is 5.75 Å². The predicted octanol–water partition coefficient (Wildman–Crippen LogP) is 3.68. The standard InChI is InChI=1S/C18H21BrN2O2/c1-18(2,16-11-21-8-4-7-20-17(21)22-16)23-15-10-13-6-3-5-12(13)9-14(15)19/h4,7,9-10,16H,3,5-6,8,11H2,1-2H3/t16-/m0/s1. The minimum atomic E-state index is -0.435. The van der Waals surface area contributed by atoms with Gasteiger partial charge in [0.1, 0.15) is 11.4 Å². The smallest absolute Gasteiger partial charge is 0.292 e. The summed E-state index contributed by atoms with van der Waals surface area (Å²) in [6.07, 6.45) is 7.36. The van der Waals surface area contributed by atoms with Crippen molar-refractivity contribution >= 4 is 22.0 Å². The highest BCUT2D eigenvalue weighted by Crippen LogP contribution is 2.37. The SMILES string of the molecule is CC(C)(Oc1cc2c(cc1Br)CCC2)[C@@H]1CN2CC=CN=C2O1. The van der Waals surface area contributed by atoms with Crippen LogP contribution in [0.3, 0.4) is 0 Å². The third-order valence-corrected chi connectivity index (χ3v) is 5.44. The molecule has 1 aromatic carbocycles. The minimum Gasteiger partial charge on any atom is -0.483 e. The van der Waals surface area contributed by atoms with Gasteiger partial charge in [-0.2, -0.15) is 0 Å². The van der Waals surface area contributed by atoms with Crippen molar-refractivity contribution in [2.75, 3.05) is 13.1 Å². The molecule has 0 unspecified atom stereocenters.